The Hall–Kier alpha value is -0.980. The summed E-state index contributed by atoms with van der Waals surface area (Å²) in [6.07, 6.45) is 0.894. The Balaban J connectivity index is 2.20. The van der Waals surface area contributed by atoms with Gasteiger partial charge in [-0.2, -0.15) is 4.98 Å². The molecule has 2 heterocycles. The van der Waals surface area contributed by atoms with Gasteiger partial charge in [-0.05, 0) is 27.4 Å². The normalized spacial score (nSPS) is 25.4. The number of piperazine rings is 1. The fraction of sp³-hybridized carbons (Fsp3) is 0.846. The first-order valence-electron chi connectivity index (χ1n) is 6.93. The minimum atomic E-state index is -0.218. The monoisotopic (exact) mass is 267 g/mol. The van der Waals surface area contributed by atoms with Crippen LogP contribution in [0.15, 0.2) is 4.52 Å². The molecule has 1 aromatic rings. The lowest BCUT2D eigenvalue weighted by molar-refractivity contribution is 0.108. The SMILES string of the molecule is CCC(C)(CN)c1nc(C2CN(C)CCN2C)no1. The number of rotatable bonds is 4. The predicted octanol–water partition coefficient (Wildman–Crippen LogP) is 0.614. The minimum absolute atomic E-state index is 0.204. The van der Waals surface area contributed by atoms with Crippen molar-refractivity contribution in [2.45, 2.75) is 31.7 Å². The Morgan fingerprint density at radius 3 is 2.79 bits per heavy atom. The highest BCUT2D eigenvalue weighted by Gasteiger charge is 2.33. The van der Waals surface area contributed by atoms with Crippen molar-refractivity contribution in [2.24, 2.45) is 5.73 Å². The average molecular weight is 267 g/mol. The fourth-order valence-corrected chi connectivity index (χ4v) is 2.29. The van der Waals surface area contributed by atoms with E-state index in [1.165, 1.54) is 0 Å². The van der Waals surface area contributed by atoms with Gasteiger partial charge in [0.2, 0.25) is 5.89 Å². The van der Waals surface area contributed by atoms with E-state index in [-0.39, 0.29) is 11.5 Å². The number of nitrogens with two attached hydrogens (primary N) is 1. The summed E-state index contributed by atoms with van der Waals surface area (Å²) < 4.78 is 5.46. The van der Waals surface area contributed by atoms with Crippen molar-refractivity contribution in [2.75, 3.05) is 40.3 Å². The Bertz CT molecular complexity index is 415. The standard InChI is InChI=1S/C13H25N5O/c1-5-13(2,9-14)12-15-11(16-19-12)10-8-17(3)6-7-18(10)4/h10H,5-9,14H2,1-4H3. The summed E-state index contributed by atoms with van der Waals surface area (Å²) in [5.41, 5.74) is 5.62. The maximum absolute atomic E-state index is 5.84. The first-order valence-corrected chi connectivity index (χ1v) is 6.93. The molecule has 2 unspecified atom stereocenters. The van der Waals surface area contributed by atoms with Gasteiger partial charge in [-0.1, -0.05) is 12.1 Å². The molecule has 2 N–H and O–H groups in total. The van der Waals surface area contributed by atoms with Gasteiger partial charge in [-0.15, -0.1) is 0 Å². The van der Waals surface area contributed by atoms with E-state index in [2.05, 4.69) is 47.9 Å². The van der Waals surface area contributed by atoms with Crippen LogP contribution in [0.2, 0.25) is 0 Å². The van der Waals surface area contributed by atoms with Crippen molar-refractivity contribution >= 4 is 0 Å². The summed E-state index contributed by atoms with van der Waals surface area (Å²) in [5.74, 6) is 1.44. The van der Waals surface area contributed by atoms with Gasteiger partial charge in [0.1, 0.15) is 0 Å². The molecule has 1 aliphatic heterocycles. The zero-order valence-electron chi connectivity index (χ0n) is 12.4. The molecular formula is C13H25N5O. The summed E-state index contributed by atoms with van der Waals surface area (Å²) in [6.45, 7) is 7.71. The second-order valence-electron chi connectivity index (χ2n) is 5.83. The molecule has 2 rings (SSSR count). The molecule has 6 heteroatoms. The molecule has 1 aromatic heterocycles. The zero-order valence-corrected chi connectivity index (χ0v) is 12.4. The highest BCUT2D eigenvalue weighted by atomic mass is 16.5. The molecule has 0 radical (unpaired) electrons. The Kier molecular flexibility index (Phi) is 4.23. The third-order valence-electron chi connectivity index (χ3n) is 4.34. The summed E-state index contributed by atoms with van der Waals surface area (Å²) in [6, 6.07) is 0.204. The number of nitrogens with zero attached hydrogens (tertiary/aromatic N) is 4. The number of hydrogen-bond donors (Lipinski definition) is 1. The maximum atomic E-state index is 5.84. The summed E-state index contributed by atoms with van der Waals surface area (Å²) in [5, 5.41) is 4.18. The molecule has 0 saturated carbocycles. The minimum Gasteiger partial charge on any atom is -0.339 e. The first-order chi connectivity index (χ1) is 9.00. The molecular weight excluding hydrogens is 242 g/mol. The molecule has 1 fully saturated rings. The van der Waals surface area contributed by atoms with Crippen LogP contribution in [0.5, 0.6) is 0 Å². The second kappa shape index (κ2) is 5.56. The lowest BCUT2D eigenvalue weighted by Crippen LogP contribution is -2.45. The van der Waals surface area contributed by atoms with Crippen molar-refractivity contribution in [3.8, 4) is 0 Å². The van der Waals surface area contributed by atoms with Gasteiger partial charge in [0, 0.05) is 26.2 Å². The van der Waals surface area contributed by atoms with Crippen LogP contribution in [0.25, 0.3) is 0 Å². The van der Waals surface area contributed by atoms with Crippen LogP contribution in [-0.4, -0.2) is 60.2 Å². The predicted molar refractivity (Wildman–Crippen MR) is 73.9 cm³/mol. The van der Waals surface area contributed by atoms with Crippen LogP contribution in [0.4, 0.5) is 0 Å². The van der Waals surface area contributed by atoms with E-state index in [9.17, 15) is 0 Å². The van der Waals surface area contributed by atoms with E-state index in [4.69, 9.17) is 10.3 Å². The van der Waals surface area contributed by atoms with E-state index in [0.717, 1.165) is 31.9 Å². The third kappa shape index (κ3) is 2.80. The van der Waals surface area contributed by atoms with E-state index < -0.39 is 0 Å². The largest absolute Gasteiger partial charge is 0.339 e. The highest BCUT2D eigenvalue weighted by Crippen LogP contribution is 2.27. The quantitative estimate of drug-likeness (QED) is 0.862. The van der Waals surface area contributed by atoms with Gasteiger partial charge >= 0.3 is 0 Å². The van der Waals surface area contributed by atoms with Crippen LogP contribution >= 0.6 is 0 Å². The molecule has 0 spiro atoms. The second-order valence-corrected chi connectivity index (χ2v) is 5.83. The molecule has 0 bridgehead atoms. The van der Waals surface area contributed by atoms with Crippen molar-refractivity contribution in [3.63, 3.8) is 0 Å². The van der Waals surface area contributed by atoms with E-state index in [0.29, 0.717) is 12.4 Å². The van der Waals surface area contributed by atoms with Crippen LogP contribution < -0.4 is 5.73 Å². The Labute approximate surface area is 114 Å². The van der Waals surface area contributed by atoms with Crippen molar-refractivity contribution < 1.29 is 4.52 Å². The summed E-state index contributed by atoms with van der Waals surface area (Å²) in [4.78, 5) is 9.18. The van der Waals surface area contributed by atoms with Crippen LogP contribution in [0.3, 0.4) is 0 Å². The van der Waals surface area contributed by atoms with Gasteiger partial charge in [0.25, 0.3) is 0 Å². The number of likely N-dealkylation sites (N-methyl/N-ethyl adjacent to an activating group) is 2. The van der Waals surface area contributed by atoms with Crippen molar-refractivity contribution in [3.05, 3.63) is 11.7 Å². The third-order valence-corrected chi connectivity index (χ3v) is 4.34. The molecule has 19 heavy (non-hydrogen) atoms. The van der Waals surface area contributed by atoms with Crippen molar-refractivity contribution in [1.82, 2.24) is 19.9 Å². The van der Waals surface area contributed by atoms with E-state index >= 15 is 0 Å². The van der Waals surface area contributed by atoms with Gasteiger partial charge < -0.3 is 15.2 Å². The molecule has 0 amide bonds. The lowest BCUT2D eigenvalue weighted by Gasteiger charge is -2.35. The molecule has 1 saturated heterocycles. The smallest absolute Gasteiger partial charge is 0.233 e. The van der Waals surface area contributed by atoms with E-state index in [1.807, 2.05) is 0 Å². The summed E-state index contributed by atoms with van der Waals surface area (Å²) >= 11 is 0. The van der Waals surface area contributed by atoms with Crippen molar-refractivity contribution in [1.29, 1.82) is 0 Å². The molecule has 1 aliphatic rings. The van der Waals surface area contributed by atoms with Gasteiger partial charge in [0.15, 0.2) is 5.82 Å². The Morgan fingerprint density at radius 1 is 1.42 bits per heavy atom. The van der Waals surface area contributed by atoms with Crippen LogP contribution in [0.1, 0.15) is 38.0 Å². The molecule has 6 nitrogen and oxygen atoms in total. The molecule has 0 aromatic carbocycles. The molecule has 2 atom stereocenters. The highest BCUT2D eigenvalue weighted by molar-refractivity contribution is 5.06. The van der Waals surface area contributed by atoms with Gasteiger partial charge in [0.05, 0.1) is 11.5 Å². The van der Waals surface area contributed by atoms with Crippen LogP contribution in [-0.2, 0) is 5.41 Å². The maximum Gasteiger partial charge on any atom is 0.233 e. The van der Waals surface area contributed by atoms with Gasteiger partial charge in [-0.3, -0.25) is 4.90 Å². The van der Waals surface area contributed by atoms with Gasteiger partial charge in [-0.25, -0.2) is 0 Å². The topological polar surface area (TPSA) is 71.4 Å². The van der Waals surface area contributed by atoms with E-state index in [1.54, 1.807) is 0 Å². The Morgan fingerprint density at radius 2 is 2.16 bits per heavy atom. The molecule has 0 aliphatic carbocycles. The molecule has 108 valence electrons. The fourth-order valence-electron chi connectivity index (χ4n) is 2.29. The number of hydrogen-bond acceptors (Lipinski definition) is 6. The number of aromatic nitrogens is 2. The lowest BCUT2D eigenvalue weighted by atomic mass is 9.88. The first kappa shape index (κ1) is 14.4. The average Bonchev–Trinajstić information content (AvgIpc) is 2.90. The van der Waals surface area contributed by atoms with Crippen LogP contribution in [0, 0.1) is 0 Å². The zero-order chi connectivity index (χ0) is 14.0. The summed E-state index contributed by atoms with van der Waals surface area (Å²) in [7, 11) is 4.23.